The normalized spacial score (nSPS) is 11.4. The van der Waals surface area contributed by atoms with E-state index in [0.29, 0.717) is 6.54 Å². The molecule has 0 aliphatic rings. The van der Waals surface area contributed by atoms with E-state index in [1.807, 2.05) is 20.8 Å². The Kier molecular flexibility index (Phi) is 2.98. The van der Waals surface area contributed by atoms with Crippen LogP contribution in [0.3, 0.4) is 0 Å². The van der Waals surface area contributed by atoms with Crippen LogP contribution in [0.2, 0.25) is 0 Å². The van der Waals surface area contributed by atoms with Gasteiger partial charge >= 0.3 is 5.69 Å². The summed E-state index contributed by atoms with van der Waals surface area (Å²) in [4.78, 5) is 25.0. The van der Waals surface area contributed by atoms with Gasteiger partial charge in [-0.25, -0.2) is 4.79 Å². The van der Waals surface area contributed by atoms with Crippen LogP contribution in [-0.4, -0.2) is 9.55 Å². The number of nitrogens with one attached hydrogen (secondary N) is 1. The van der Waals surface area contributed by atoms with E-state index in [2.05, 4.69) is 11.6 Å². The zero-order valence-electron chi connectivity index (χ0n) is 9.33. The van der Waals surface area contributed by atoms with E-state index in [-0.39, 0.29) is 16.7 Å². The fraction of sp³-hybridized carbons (Fsp3) is 0.455. The third-order valence-corrected chi connectivity index (χ3v) is 2.11. The van der Waals surface area contributed by atoms with Gasteiger partial charge in [-0.2, -0.15) is 0 Å². The molecule has 1 heterocycles. The van der Waals surface area contributed by atoms with Crippen LogP contribution in [0, 0.1) is 0 Å². The van der Waals surface area contributed by atoms with Crippen LogP contribution in [-0.2, 0) is 12.0 Å². The maximum Gasteiger partial charge on any atom is 0.328 e. The van der Waals surface area contributed by atoms with Crippen molar-refractivity contribution in [1.82, 2.24) is 9.55 Å². The maximum absolute atomic E-state index is 11.6. The van der Waals surface area contributed by atoms with Gasteiger partial charge in [0.1, 0.15) is 0 Å². The molecule has 1 N–H and O–H groups in total. The molecule has 0 aliphatic heterocycles. The highest BCUT2D eigenvalue weighted by atomic mass is 16.2. The van der Waals surface area contributed by atoms with E-state index in [4.69, 9.17) is 0 Å². The number of allylic oxidation sites excluding steroid dienone is 1. The third kappa shape index (κ3) is 2.46. The molecule has 0 radical (unpaired) electrons. The van der Waals surface area contributed by atoms with Gasteiger partial charge in [-0.15, -0.1) is 6.58 Å². The molecule has 15 heavy (non-hydrogen) atoms. The zero-order chi connectivity index (χ0) is 11.6. The molecule has 0 unspecified atom stereocenters. The topological polar surface area (TPSA) is 54.9 Å². The summed E-state index contributed by atoms with van der Waals surface area (Å²) in [6, 6.07) is 1.46. The number of hydrogen-bond donors (Lipinski definition) is 1. The molecule has 0 saturated heterocycles. The Hall–Kier alpha value is -1.58. The lowest BCUT2D eigenvalue weighted by Crippen LogP contribution is -2.35. The van der Waals surface area contributed by atoms with Gasteiger partial charge < -0.3 is 0 Å². The molecule has 0 fully saturated rings. The van der Waals surface area contributed by atoms with Gasteiger partial charge in [0.2, 0.25) is 0 Å². The van der Waals surface area contributed by atoms with E-state index < -0.39 is 0 Å². The first-order valence-electron chi connectivity index (χ1n) is 4.82. The summed E-state index contributed by atoms with van der Waals surface area (Å²) >= 11 is 0. The van der Waals surface area contributed by atoms with Crippen molar-refractivity contribution in [2.75, 3.05) is 0 Å². The summed E-state index contributed by atoms with van der Waals surface area (Å²) in [5.41, 5.74) is -0.259. The number of hydrogen-bond acceptors (Lipinski definition) is 2. The molecule has 1 rings (SSSR count). The standard InChI is InChI=1S/C11H16N2O2/c1-5-6-13-8(11(2,3)4)7-9(14)12-10(13)15/h5,7H,1,6H2,2-4H3,(H,12,14,15). The molecular formula is C11H16N2O2. The smallest absolute Gasteiger partial charge is 0.293 e. The van der Waals surface area contributed by atoms with E-state index in [0.717, 1.165) is 5.69 Å². The molecule has 0 bridgehead atoms. The van der Waals surface area contributed by atoms with Gasteiger partial charge in [0, 0.05) is 23.7 Å². The van der Waals surface area contributed by atoms with Crippen LogP contribution in [0.15, 0.2) is 28.3 Å². The second-order valence-electron chi connectivity index (χ2n) is 4.47. The maximum atomic E-state index is 11.6. The van der Waals surface area contributed by atoms with Gasteiger partial charge in [-0.05, 0) is 0 Å². The SMILES string of the molecule is C=CCn1c(C(C)(C)C)cc(=O)[nH]c1=O. The van der Waals surface area contributed by atoms with Crippen molar-refractivity contribution in [3.05, 3.63) is 45.3 Å². The Morgan fingerprint density at radius 1 is 1.47 bits per heavy atom. The fourth-order valence-corrected chi connectivity index (χ4v) is 1.45. The summed E-state index contributed by atoms with van der Waals surface area (Å²) in [5.74, 6) is 0. The second-order valence-corrected chi connectivity index (χ2v) is 4.47. The van der Waals surface area contributed by atoms with Crippen LogP contribution in [0.25, 0.3) is 0 Å². The first-order valence-corrected chi connectivity index (χ1v) is 4.82. The summed E-state index contributed by atoms with van der Waals surface area (Å²) in [6.07, 6.45) is 1.63. The lowest BCUT2D eigenvalue weighted by Gasteiger charge is -2.22. The van der Waals surface area contributed by atoms with E-state index in [1.165, 1.54) is 10.6 Å². The molecule has 0 aliphatic carbocycles. The summed E-state index contributed by atoms with van der Waals surface area (Å²) in [5, 5.41) is 0. The Morgan fingerprint density at radius 3 is 2.53 bits per heavy atom. The molecule has 82 valence electrons. The monoisotopic (exact) mass is 208 g/mol. The second kappa shape index (κ2) is 3.88. The Labute approximate surface area is 88.3 Å². The predicted molar refractivity (Wildman–Crippen MR) is 60.2 cm³/mol. The highest BCUT2D eigenvalue weighted by Gasteiger charge is 2.19. The molecular weight excluding hydrogens is 192 g/mol. The minimum atomic E-state index is -0.382. The highest BCUT2D eigenvalue weighted by molar-refractivity contribution is 5.12. The minimum absolute atomic E-state index is 0.240. The summed E-state index contributed by atoms with van der Waals surface area (Å²) < 4.78 is 1.52. The fourth-order valence-electron chi connectivity index (χ4n) is 1.45. The van der Waals surface area contributed by atoms with Crippen molar-refractivity contribution in [3.63, 3.8) is 0 Å². The molecule has 0 aromatic carbocycles. The molecule has 1 aromatic rings. The Bertz CT molecular complexity index is 475. The summed E-state index contributed by atoms with van der Waals surface area (Å²) in [6.45, 7) is 9.87. The van der Waals surface area contributed by atoms with Crippen molar-refractivity contribution in [2.45, 2.75) is 32.7 Å². The molecule has 0 saturated carbocycles. The minimum Gasteiger partial charge on any atom is -0.293 e. The van der Waals surface area contributed by atoms with Crippen molar-refractivity contribution in [2.24, 2.45) is 0 Å². The van der Waals surface area contributed by atoms with Gasteiger partial charge in [-0.1, -0.05) is 26.8 Å². The van der Waals surface area contributed by atoms with Crippen LogP contribution in [0.1, 0.15) is 26.5 Å². The molecule has 4 nitrogen and oxygen atoms in total. The van der Waals surface area contributed by atoms with Crippen LogP contribution >= 0.6 is 0 Å². The van der Waals surface area contributed by atoms with Crippen molar-refractivity contribution in [1.29, 1.82) is 0 Å². The van der Waals surface area contributed by atoms with Gasteiger partial charge in [0.15, 0.2) is 0 Å². The quantitative estimate of drug-likeness (QED) is 0.738. The third-order valence-electron chi connectivity index (χ3n) is 2.11. The van der Waals surface area contributed by atoms with Crippen LogP contribution in [0.4, 0.5) is 0 Å². The van der Waals surface area contributed by atoms with Gasteiger partial charge in [-0.3, -0.25) is 14.3 Å². The van der Waals surface area contributed by atoms with E-state index >= 15 is 0 Å². The average Bonchev–Trinajstić information content (AvgIpc) is 2.07. The lowest BCUT2D eigenvalue weighted by molar-refractivity contribution is 0.511. The number of rotatable bonds is 2. The Morgan fingerprint density at radius 2 is 2.07 bits per heavy atom. The molecule has 4 heteroatoms. The number of aromatic amines is 1. The zero-order valence-corrected chi connectivity index (χ0v) is 9.33. The van der Waals surface area contributed by atoms with Gasteiger partial charge in [0.25, 0.3) is 5.56 Å². The van der Waals surface area contributed by atoms with E-state index in [9.17, 15) is 9.59 Å². The summed E-state index contributed by atoms with van der Waals surface area (Å²) in [7, 11) is 0. The molecule has 1 aromatic heterocycles. The average molecular weight is 208 g/mol. The molecule has 0 amide bonds. The van der Waals surface area contributed by atoms with Crippen LogP contribution < -0.4 is 11.2 Å². The predicted octanol–water partition coefficient (Wildman–Crippen LogP) is 1.02. The number of nitrogens with zero attached hydrogens (tertiary/aromatic N) is 1. The van der Waals surface area contributed by atoms with Crippen molar-refractivity contribution < 1.29 is 0 Å². The first-order chi connectivity index (χ1) is 6.86. The van der Waals surface area contributed by atoms with Gasteiger partial charge in [0.05, 0.1) is 0 Å². The largest absolute Gasteiger partial charge is 0.328 e. The molecule has 0 atom stereocenters. The first kappa shape index (κ1) is 11.5. The van der Waals surface area contributed by atoms with Crippen LogP contribution in [0.5, 0.6) is 0 Å². The Balaban J connectivity index is 3.54. The number of aromatic nitrogens is 2. The lowest BCUT2D eigenvalue weighted by atomic mass is 9.91. The highest BCUT2D eigenvalue weighted by Crippen LogP contribution is 2.19. The van der Waals surface area contributed by atoms with E-state index in [1.54, 1.807) is 6.08 Å². The molecule has 0 spiro atoms. The van der Waals surface area contributed by atoms with Crippen molar-refractivity contribution in [3.8, 4) is 0 Å². The number of H-pyrrole nitrogens is 1. The van der Waals surface area contributed by atoms with Crippen molar-refractivity contribution >= 4 is 0 Å².